The largest absolute Gasteiger partial charge is 0.390 e. The summed E-state index contributed by atoms with van der Waals surface area (Å²) in [4.78, 5) is 71.2. The molecule has 3 unspecified atom stereocenters. The van der Waals surface area contributed by atoms with Crippen molar-refractivity contribution in [2.24, 2.45) is 46.2 Å². The summed E-state index contributed by atoms with van der Waals surface area (Å²) in [6.07, 6.45) is 10.3. The summed E-state index contributed by atoms with van der Waals surface area (Å²) in [7, 11) is 0. The van der Waals surface area contributed by atoms with Gasteiger partial charge in [-0.1, -0.05) is 40.5 Å². The van der Waals surface area contributed by atoms with Crippen LogP contribution in [0.25, 0.3) is 0 Å². The van der Waals surface area contributed by atoms with Gasteiger partial charge in [0.2, 0.25) is 23.5 Å². The maximum absolute atomic E-state index is 14.8. The van der Waals surface area contributed by atoms with E-state index < -0.39 is 52.0 Å². The maximum atomic E-state index is 14.8. The van der Waals surface area contributed by atoms with Gasteiger partial charge in [-0.25, -0.2) is 0 Å². The van der Waals surface area contributed by atoms with Gasteiger partial charge >= 0.3 is 0 Å². The Hall–Kier alpha value is -2.49. The molecule has 7 aliphatic rings. The average Bonchev–Trinajstić information content (AvgIpc) is 3.50. The highest BCUT2D eigenvalue weighted by Crippen LogP contribution is 2.63. The topological polar surface area (TPSA) is 159 Å². The van der Waals surface area contributed by atoms with Gasteiger partial charge in [-0.2, -0.15) is 0 Å². The number of carbonyl (C=O) groups excluding carboxylic acids is 5. The fourth-order valence-corrected chi connectivity index (χ4v) is 11.1. The molecule has 4 amide bonds. The summed E-state index contributed by atoms with van der Waals surface area (Å²) in [5.41, 5.74) is 3.00. The van der Waals surface area contributed by atoms with E-state index in [2.05, 4.69) is 10.6 Å². The molecule has 10 heteroatoms. The lowest BCUT2D eigenvalue weighted by atomic mass is 9.47. The van der Waals surface area contributed by atoms with Crippen molar-refractivity contribution in [3.8, 4) is 0 Å². The van der Waals surface area contributed by atoms with Crippen LogP contribution in [-0.2, 0) is 24.0 Å². The number of hydrogen-bond donors (Lipinski definition) is 4. The van der Waals surface area contributed by atoms with Crippen LogP contribution in [0.4, 0.5) is 0 Å². The summed E-state index contributed by atoms with van der Waals surface area (Å²) < 4.78 is 0. The highest BCUT2D eigenvalue weighted by molar-refractivity contribution is 6.38. The Bertz CT molecular complexity index is 1240. The number of fused-ring (bicyclic) bond motifs is 1. The number of primary amides is 1. The van der Waals surface area contributed by atoms with Crippen molar-refractivity contribution in [2.75, 3.05) is 6.54 Å². The molecule has 0 aromatic carbocycles. The third kappa shape index (κ3) is 5.71. The van der Waals surface area contributed by atoms with E-state index >= 15 is 0 Å². The number of nitrogens with two attached hydrogens (primary N) is 1. The highest BCUT2D eigenvalue weighted by atomic mass is 16.3. The normalized spacial score (nSPS) is 38.0. The lowest BCUT2D eigenvalue weighted by molar-refractivity contribution is -0.170. The van der Waals surface area contributed by atoms with Gasteiger partial charge in [0.15, 0.2) is 0 Å². The van der Waals surface area contributed by atoms with E-state index in [4.69, 9.17) is 5.73 Å². The van der Waals surface area contributed by atoms with Gasteiger partial charge < -0.3 is 26.4 Å². The molecule has 7 rings (SSSR count). The molecule has 5 N–H and O–H groups in total. The van der Waals surface area contributed by atoms with E-state index in [0.29, 0.717) is 31.1 Å². The van der Waals surface area contributed by atoms with Crippen LogP contribution >= 0.6 is 0 Å². The number of hydrogen-bond acceptors (Lipinski definition) is 6. The smallest absolute Gasteiger partial charge is 0.287 e. The molecule has 10 nitrogen and oxygen atoms in total. The molecule has 250 valence electrons. The summed E-state index contributed by atoms with van der Waals surface area (Å²) in [6, 6.07) is -0.985. The summed E-state index contributed by atoms with van der Waals surface area (Å²) in [6.45, 7) is 7.85. The Morgan fingerprint density at radius 2 is 1.67 bits per heavy atom. The van der Waals surface area contributed by atoms with Crippen LogP contribution in [0.15, 0.2) is 0 Å². The predicted octanol–water partition coefficient (Wildman–Crippen LogP) is 2.99. The zero-order valence-corrected chi connectivity index (χ0v) is 27.7. The number of ketones is 1. The zero-order chi connectivity index (χ0) is 32.5. The Morgan fingerprint density at radius 1 is 1.00 bits per heavy atom. The lowest BCUT2D eigenvalue weighted by Gasteiger charge is -2.60. The highest BCUT2D eigenvalue weighted by Gasteiger charge is 2.66. The third-order valence-electron chi connectivity index (χ3n) is 12.4. The van der Waals surface area contributed by atoms with Crippen molar-refractivity contribution in [3.63, 3.8) is 0 Å². The summed E-state index contributed by atoms with van der Waals surface area (Å²) >= 11 is 0. The quantitative estimate of drug-likeness (QED) is 0.258. The minimum Gasteiger partial charge on any atom is -0.390 e. The van der Waals surface area contributed by atoms with E-state index in [-0.39, 0.29) is 48.6 Å². The first-order chi connectivity index (χ1) is 21.1. The van der Waals surface area contributed by atoms with Crippen molar-refractivity contribution in [2.45, 2.75) is 141 Å². The van der Waals surface area contributed by atoms with Crippen molar-refractivity contribution in [1.82, 2.24) is 15.5 Å². The Balaban J connectivity index is 1.30. The first-order valence-electron chi connectivity index (χ1n) is 17.6. The molecule has 0 spiro atoms. The Labute approximate surface area is 267 Å². The molecule has 7 fully saturated rings. The first-order valence-corrected chi connectivity index (χ1v) is 17.6. The molecule has 1 saturated heterocycles. The third-order valence-corrected chi connectivity index (χ3v) is 12.4. The van der Waals surface area contributed by atoms with E-state index in [1.54, 1.807) is 0 Å². The number of nitrogens with zero attached hydrogens (tertiary/aromatic N) is 1. The van der Waals surface area contributed by atoms with Gasteiger partial charge in [-0.3, -0.25) is 24.0 Å². The van der Waals surface area contributed by atoms with E-state index in [0.717, 1.165) is 57.8 Å². The van der Waals surface area contributed by atoms with Crippen molar-refractivity contribution < 1.29 is 29.1 Å². The van der Waals surface area contributed by atoms with Gasteiger partial charge in [0, 0.05) is 19.0 Å². The average molecular weight is 627 g/mol. The molecular weight excluding hydrogens is 572 g/mol. The first kappa shape index (κ1) is 32.5. The molecule has 7 atom stereocenters. The minimum atomic E-state index is -1.64. The summed E-state index contributed by atoms with van der Waals surface area (Å²) in [5.74, 6) is -3.26. The molecule has 45 heavy (non-hydrogen) atoms. The molecule has 1 heterocycles. The fourth-order valence-electron chi connectivity index (χ4n) is 11.1. The van der Waals surface area contributed by atoms with Crippen molar-refractivity contribution >= 4 is 29.4 Å². The number of aliphatic hydroxyl groups is 1. The summed E-state index contributed by atoms with van der Waals surface area (Å²) in [5, 5.41) is 17.1. The fraction of sp³-hybridized carbons (Fsp3) is 0.857. The van der Waals surface area contributed by atoms with Crippen LogP contribution in [0.2, 0.25) is 0 Å². The molecule has 6 saturated carbocycles. The van der Waals surface area contributed by atoms with Crippen LogP contribution < -0.4 is 16.4 Å². The van der Waals surface area contributed by atoms with Crippen LogP contribution in [0.3, 0.4) is 0 Å². The Morgan fingerprint density at radius 3 is 2.22 bits per heavy atom. The number of Topliss-reactive ketones (excluding diaryl/α,β-unsaturated/α-hetero) is 1. The zero-order valence-electron chi connectivity index (χ0n) is 27.7. The van der Waals surface area contributed by atoms with E-state index in [1.165, 1.54) is 4.90 Å². The molecule has 4 bridgehead atoms. The van der Waals surface area contributed by atoms with Crippen LogP contribution in [0.1, 0.15) is 118 Å². The molecule has 1 aliphatic heterocycles. The van der Waals surface area contributed by atoms with Gasteiger partial charge in [0.05, 0.1) is 11.5 Å². The van der Waals surface area contributed by atoms with Crippen LogP contribution in [-0.4, -0.2) is 69.2 Å². The van der Waals surface area contributed by atoms with E-state index in [1.807, 2.05) is 27.7 Å². The van der Waals surface area contributed by atoms with E-state index in [9.17, 15) is 29.1 Å². The van der Waals surface area contributed by atoms with Crippen molar-refractivity contribution in [1.29, 1.82) is 0 Å². The monoisotopic (exact) mass is 626 g/mol. The van der Waals surface area contributed by atoms with Gasteiger partial charge in [0.25, 0.3) is 5.91 Å². The molecule has 0 radical (unpaired) electrons. The second-order valence-corrected chi connectivity index (χ2v) is 17.1. The van der Waals surface area contributed by atoms with Gasteiger partial charge in [-0.15, -0.1) is 0 Å². The van der Waals surface area contributed by atoms with Crippen LogP contribution in [0, 0.1) is 40.4 Å². The van der Waals surface area contributed by atoms with Crippen molar-refractivity contribution in [3.05, 3.63) is 0 Å². The number of amides is 4. The Kier molecular flexibility index (Phi) is 8.18. The molecule has 6 aliphatic carbocycles. The predicted molar refractivity (Wildman–Crippen MR) is 167 cm³/mol. The number of likely N-dealkylation sites (tertiary alicyclic amines) is 1. The van der Waals surface area contributed by atoms with Gasteiger partial charge in [-0.05, 0) is 105 Å². The minimum absolute atomic E-state index is 0.0100. The maximum Gasteiger partial charge on any atom is 0.287 e. The number of carbonyl (C=O) groups is 5. The number of nitrogens with one attached hydrogen (secondary N) is 2. The standard InChI is InChI=1S/C35H54N4O6/c1-5-7-25(27(41)29(42)37-23-10-11-23)35(31(36)44)24-9-6-8-22(24)18-39(35)30(43)28(32(2,3)4)38-26(40)17-33-13-20-12-21(14-33)16-34(45,15-20)19-33/h20-25,28,45H,5-19H2,1-4H3,(H2,36,44)(H,37,42)(H,38,40)/t20-,21-,22?,24?,25+,28+,33?,34?,35?/m0/s1. The van der Waals surface area contributed by atoms with Gasteiger partial charge in [0.1, 0.15) is 11.6 Å². The SMILES string of the molecule is CCC[C@H](C(=O)C(=O)NC1CC1)C1(C(N)=O)C2CCCC2CN1C(=O)[C@@H](NC(=O)CC12C[C@@H]3C[C@H](CC(O)(C3)C1)C2)C(C)(C)C. The second-order valence-electron chi connectivity index (χ2n) is 17.1. The lowest BCUT2D eigenvalue weighted by Crippen LogP contribution is -2.69. The van der Waals surface area contributed by atoms with Crippen LogP contribution in [0.5, 0.6) is 0 Å². The molecular formula is C35H54N4O6. The molecule has 0 aromatic heterocycles. The molecule has 0 aromatic rings. The number of rotatable bonds is 11. The second kappa shape index (κ2) is 11.3.